The van der Waals surface area contributed by atoms with Crippen molar-refractivity contribution in [3.8, 4) is 23.0 Å². The molecule has 2 aromatic heterocycles. The van der Waals surface area contributed by atoms with Crippen molar-refractivity contribution in [2.75, 3.05) is 20.3 Å². The van der Waals surface area contributed by atoms with Crippen molar-refractivity contribution in [1.82, 2.24) is 20.5 Å². The van der Waals surface area contributed by atoms with Crippen LogP contribution >= 0.6 is 11.3 Å². The van der Waals surface area contributed by atoms with Gasteiger partial charge < -0.3 is 19.2 Å². The number of ether oxygens (including phenoxy) is 2. The molecule has 0 fully saturated rings. The number of thiazole rings is 1. The Labute approximate surface area is 205 Å². The summed E-state index contributed by atoms with van der Waals surface area (Å²) < 4.78 is 18.0. The van der Waals surface area contributed by atoms with Gasteiger partial charge in [0.2, 0.25) is 11.8 Å². The number of carbonyl (C=O) groups excluding carboxylic acids is 1. The van der Waals surface area contributed by atoms with Crippen molar-refractivity contribution in [2.24, 2.45) is 0 Å². The van der Waals surface area contributed by atoms with Gasteiger partial charge in [-0.2, -0.15) is 0 Å². The normalized spacial score (nSPS) is 10.9. The number of para-hydroxylation sites is 1. The highest BCUT2D eigenvalue weighted by molar-refractivity contribution is 7.18. The maximum atomic E-state index is 12.1. The standard InChI is InChI=1S/C26H22N4O4S/c1-32-20-8-5-9-21-24(20)28-23(35-21)16-22-29-30-26(34-22)18-10-12-19(13-11-18)33-15-14-27-25(31)17-6-3-2-4-7-17/h2-13H,14-16H2,1H3,(H,27,31). The third-order valence-corrected chi connectivity index (χ3v) is 6.23. The van der Waals surface area contributed by atoms with Crippen LogP contribution in [0, 0.1) is 0 Å². The largest absolute Gasteiger partial charge is 0.494 e. The second-order valence-electron chi connectivity index (χ2n) is 7.59. The molecule has 0 spiro atoms. The van der Waals surface area contributed by atoms with Crippen LogP contribution in [-0.4, -0.2) is 41.3 Å². The number of amides is 1. The summed E-state index contributed by atoms with van der Waals surface area (Å²) in [5.74, 6) is 2.23. The molecular formula is C26H22N4O4S. The summed E-state index contributed by atoms with van der Waals surface area (Å²) in [5.41, 5.74) is 2.25. The fraction of sp³-hybridized carbons (Fsp3) is 0.154. The first-order chi connectivity index (χ1) is 17.2. The highest BCUT2D eigenvalue weighted by Crippen LogP contribution is 2.31. The predicted molar refractivity (Wildman–Crippen MR) is 133 cm³/mol. The maximum Gasteiger partial charge on any atom is 0.251 e. The van der Waals surface area contributed by atoms with E-state index >= 15 is 0 Å². The van der Waals surface area contributed by atoms with Crippen molar-refractivity contribution in [1.29, 1.82) is 0 Å². The maximum absolute atomic E-state index is 12.1. The van der Waals surface area contributed by atoms with Crippen molar-refractivity contribution < 1.29 is 18.7 Å². The van der Waals surface area contributed by atoms with E-state index in [1.807, 2.05) is 60.7 Å². The van der Waals surface area contributed by atoms with Crippen LogP contribution in [0.4, 0.5) is 0 Å². The Morgan fingerprint density at radius 2 is 1.83 bits per heavy atom. The number of rotatable bonds is 9. The SMILES string of the molecule is COc1cccc2sc(Cc3nnc(-c4ccc(OCCNC(=O)c5ccccc5)cc4)o3)nc12. The molecule has 0 aliphatic heterocycles. The van der Waals surface area contributed by atoms with Crippen LogP contribution in [0.1, 0.15) is 21.3 Å². The fourth-order valence-electron chi connectivity index (χ4n) is 3.50. The average molecular weight is 487 g/mol. The van der Waals surface area contributed by atoms with Crippen molar-refractivity contribution in [3.05, 3.63) is 89.3 Å². The van der Waals surface area contributed by atoms with Crippen molar-refractivity contribution in [3.63, 3.8) is 0 Å². The summed E-state index contributed by atoms with van der Waals surface area (Å²) in [7, 11) is 1.64. The third-order valence-electron chi connectivity index (χ3n) is 5.21. The molecule has 3 aromatic carbocycles. The van der Waals surface area contributed by atoms with E-state index in [4.69, 9.17) is 13.9 Å². The molecule has 0 atom stereocenters. The fourth-order valence-corrected chi connectivity index (χ4v) is 4.48. The molecule has 1 amide bonds. The molecule has 1 N–H and O–H groups in total. The molecule has 0 bridgehead atoms. The summed E-state index contributed by atoms with van der Waals surface area (Å²) >= 11 is 1.58. The van der Waals surface area contributed by atoms with Crippen molar-refractivity contribution >= 4 is 27.5 Å². The number of hydrogen-bond donors (Lipinski definition) is 1. The van der Waals surface area contributed by atoms with E-state index in [9.17, 15) is 4.79 Å². The minimum absolute atomic E-state index is 0.123. The second kappa shape index (κ2) is 10.4. The number of methoxy groups -OCH3 is 1. The molecule has 8 nitrogen and oxygen atoms in total. The zero-order valence-corrected chi connectivity index (χ0v) is 19.7. The minimum Gasteiger partial charge on any atom is -0.494 e. The molecule has 2 heterocycles. The lowest BCUT2D eigenvalue weighted by atomic mass is 10.2. The van der Waals surface area contributed by atoms with Crippen LogP contribution in [0.3, 0.4) is 0 Å². The van der Waals surface area contributed by atoms with Gasteiger partial charge in [0.1, 0.15) is 28.6 Å². The molecular weight excluding hydrogens is 464 g/mol. The van der Waals surface area contributed by atoms with Gasteiger partial charge in [0, 0.05) is 11.1 Å². The van der Waals surface area contributed by atoms with Gasteiger partial charge in [-0.3, -0.25) is 4.79 Å². The quantitative estimate of drug-likeness (QED) is 0.300. The first kappa shape index (κ1) is 22.5. The Morgan fingerprint density at radius 3 is 2.63 bits per heavy atom. The van der Waals surface area contributed by atoms with Gasteiger partial charge in [-0.1, -0.05) is 24.3 Å². The second-order valence-corrected chi connectivity index (χ2v) is 8.70. The van der Waals surface area contributed by atoms with E-state index in [2.05, 4.69) is 20.5 Å². The lowest BCUT2D eigenvalue weighted by molar-refractivity contribution is 0.0947. The number of benzene rings is 3. The first-order valence-corrected chi connectivity index (χ1v) is 11.8. The zero-order chi connectivity index (χ0) is 24.0. The number of nitrogens with one attached hydrogen (secondary N) is 1. The van der Waals surface area contributed by atoms with Gasteiger partial charge in [0.25, 0.3) is 5.91 Å². The Kier molecular flexibility index (Phi) is 6.67. The highest BCUT2D eigenvalue weighted by atomic mass is 32.1. The van der Waals surface area contributed by atoms with Gasteiger partial charge >= 0.3 is 0 Å². The molecule has 0 radical (unpaired) electrons. The van der Waals surface area contributed by atoms with Crippen LogP contribution in [0.5, 0.6) is 11.5 Å². The summed E-state index contributed by atoms with van der Waals surface area (Å²) in [5, 5.41) is 12.1. The van der Waals surface area contributed by atoms with Crippen LogP contribution in [0.2, 0.25) is 0 Å². The molecule has 0 saturated carbocycles. The van der Waals surface area contributed by atoms with E-state index in [1.54, 1.807) is 30.6 Å². The number of fused-ring (bicyclic) bond motifs is 1. The number of hydrogen-bond acceptors (Lipinski definition) is 8. The summed E-state index contributed by atoms with van der Waals surface area (Å²) in [4.78, 5) is 16.7. The van der Waals surface area contributed by atoms with E-state index in [0.29, 0.717) is 42.7 Å². The van der Waals surface area contributed by atoms with Gasteiger partial charge in [-0.25, -0.2) is 4.98 Å². The molecule has 5 aromatic rings. The highest BCUT2D eigenvalue weighted by Gasteiger charge is 2.14. The molecule has 0 aliphatic carbocycles. The lowest BCUT2D eigenvalue weighted by Crippen LogP contribution is -2.27. The molecule has 0 saturated heterocycles. The topological polar surface area (TPSA) is 99.4 Å². The summed E-state index contributed by atoms with van der Waals surface area (Å²) in [6.07, 6.45) is 0.450. The van der Waals surface area contributed by atoms with Gasteiger partial charge in [-0.05, 0) is 48.5 Å². The van der Waals surface area contributed by atoms with Crippen LogP contribution < -0.4 is 14.8 Å². The van der Waals surface area contributed by atoms with E-state index in [1.165, 1.54) is 0 Å². The van der Waals surface area contributed by atoms with E-state index in [-0.39, 0.29) is 5.91 Å². The Bertz CT molecular complexity index is 1430. The smallest absolute Gasteiger partial charge is 0.251 e. The first-order valence-electron chi connectivity index (χ1n) is 11.0. The van der Waals surface area contributed by atoms with Crippen molar-refractivity contribution in [2.45, 2.75) is 6.42 Å². The molecule has 0 unspecified atom stereocenters. The van der Waals surface area contributed by atoms with Gasteiger partial charge in [-0.15, -0.1) is 21.5 Å². The molecule has 176 valence electrons. The Balaban J connectivity index is 1.15. The lowest BCUT2D eigenvalue weighted by Gasteiger charge is -2.08. The summed E-state index contributed by atoms with van der Waals surface area (Å²) in [6, 6.07) is 22.3. The number of carbonyl (C=O) groups is 1. The van der Waals surface area contributed by atoms with Crippen LogP contribution in [-0.2, 0) is 6.42 Å². The summed E-state index contributed by atoms with van der Waals surface area (Å²) in [6.45, 7) is 0.760. The Hall–Kier alpha value is -4.24. The van der Waals surface area contributed by atoms with Crippen LogP contribution in [0.15, 0.2) is 77.2 Å². The van der Waals surface area contributed by atoms with Gasteiger partial charge in [0.05, 0.1) is 24.8 Å². The molecule has 0 aliphatic rings. The number of nitrogens with zero attached hydrogens (tertiary/aromatic N) is 3. The van der Waals surface area contributed by atoms with Crippen LogP contribution in [0.25, 0.3) is 21.7 Å². The number of aromatic nitrogens is 3. The molecule has 9 heteroatoms. The molecule has 5 rings (SSSR count). The van der Waals surface area contributed by atoms with E-state index in [0.717, 1.165) is 26.5 Å². The third kappa shape index (κ3) is 5.30. The van der Waals surface area contributed by atoms with Gasteiger partial charge in [0.15, 0.2) is 0 Å². The monoisotopic (exact) mass is 486 g/mol. The minimum atomic E-state index is -0.123. The van der Waals surface area contributed by atoms with E-state index < -0.39 is 0 Å². The molecule has 35 heavy (non-hydrogen) atoms. The average Bonchev–Trinajstić information content (AvgIpc) is 3.54. The zero-order valence-electron chi connectivity index (χ0n) is 18.9. The Morgan fingerprint density at radius 1 is 1.00 bits per heavy atom. The predicted octanol–water partition coefficient (Wildman–Crippen LogP) is 4.75.